The van der Waals surface area contributed by atoms with Crippen LogP contribution < -0.4 is 4.74 Å². The highest BCUT2D eigenvalue weighted by molar-refractivity contribution is 7.10. The van der Waals surface area contributed by atoms with E-state index in [4.69, 9.17) is 4.74 Å². The van der Waals surface area contributed by atoms with Crippen LogP contribution >= 0.6 is 11.3 Å². The minimum absolute atomic E-state index is 0.00283. The first-order chi connectivity index (χ1) is 17.0. The number of rotatable bonds is 13. The first kappa shape index (κ1) is 27.3. The third-order valence-electron chi connectivity index (χ3n) is 6.96. The number of hydrogen-bond donors (Lipinski definition) is 0. The molecule has 1 aliphatic heterocycles. The zero-order chi connectivity index (χ0) is 25.2. The third kappa shape index (κ3) is 7.33. The molecule has 0 saturated heterocycles. The van der Waals surface area contributed by atoms with E-state index in [1.807, 2.05) is 43.0 Å². The Hall–Kier alpha value is -2.34. The highest BCUT2D eigenvalue weighted by atomic mass is 32.1. The number of hydrogen-bond acceptors (Lipinski definition) is 4. The van der Waals surface area contributed by atoms with Gasteiger partial charge in [-0.25, -0.2) is 0 Å². The number of benzene rings is 1. The Kier molecular flexibility index (Phi) is 10.6. The fourth-order valence-corrected chi connectivity index (χ4v) is 5.81. The van der Waals surface area contributed by atoms with Crippen molar-refractivity contribution in [2.75, 3.05) is 20.2 Å². The second-order valence-corrected chi connectivity index (χ2v) is 10.8. The molecular formula is C29H42N2O3S. The van der Waals surface area contributed by atoms with E-state index in [9.17, 15) is 9.59 Å². The van der Waals surface area contributed by atoms with Crippen LogP contribution in [0.2, 0.25) is 0 Å². The molecule has 0 radical (unpaired) electrons. The van der Waals surface area contributed by atoms with Gasteiger partial charge in [-0.15, -0.1) is 11.3 Å². The van der Waals surface area contributed by atoms with Crippen molar-refractivity contribution in [3.05, 3.63) is 51.7 Å². The fraction of sp³-hybridized carbons (Fsp3) is 0.586. The average Bonchev–Trinajstić information content (AvgIpc) is 3.34. The molecule has 0 bridgehead atoms. The summed E-state index contributed by atoms with van der Waals surface area (Å²) in [5.41, 5.74) is 2.27. The van der Waals surface area contributed by atoms with Crippen LogP contribution in [0, 0.1) is 0 Å². The molecule has 0 aliphatic carbocycles. The SMILES string of the molecule is CCCCCCCCCC(=O)N(CC(=O)N1CCc2sccc2C1c1ccc(OC)cc1)C(C)C. The molecule has 1 aliphatic rings. The molecule has 2 aromatic rings. The topological polar surface area (TPSA) is 49.9 Å². The number of thiophene rings is 1. The summed E-state index contributed by atoms with van der Waals surface area (Å²) in [6, 6.07) is 9.99. The predicted octanol–water partition coefficient (Wildman–Crippen LogP) is 6.61. The lowest BCUT2D eigenvalue weighted by Crippen LogP contribution is -2.48. The largest absolute Gasteiger partial charge is 0.497 e. The molecule has 5 nitrogen and oxygen atoms in total. The van der Waals surface area contributed by atoms with E-state index >= 15 is 0 Å². The molecule has 0 spiro atoms. The molecule has 0 N–H and O–H groups in total. The van der Waals surface area contributed by atoms with E-state index in [1.165, 1.54) is 42.5 Å². The summed E-state index contributed by atoms with van der Waals surface area (Å²) < 4.78 is 5.33. The Morgan fingerprint density at radius 3 is 2.40 bits per heavy atom. The molecule has 2 amide bonds. The van der Waals surface area contributed by atoms with Crippen molar-refractivity contribution in [3.63, 3.8) is 0 Å². The number of carbonyl (C=O) groups excluding carboxylic acids is 2. The lowest BCUT2D eigenvalue weighted by molar-refractivity contribution is -0.143. The summed E-state index contributed by atoms with van der Waals surface area (Å²) in [5.74, 6) is 0.912. The van der Waals surface area contributed by atoms with E-state index in [2.05, 4.69) is 18.4 Å². The lowest BCUT2D eigenvalue weighted by Gasteiger charge is -2.38. The van der Waals surface area contributed by atoms with Crippen molar-refractivity contribution in [1.29, 1.82) is 0 Å². The number of amides is 2. The van der Waals surface area contributed by atoms with Gasteiger partial charge in [0.15, 0.2) is 0 Å². The maximum absolute atomic E-state index is 13.6. The minimum atomic E-state index is -0.129. The van der Waals surface area contributed by atoms with Crippen LogP contribution in [0.3, 0.4) is 0 Å². The number of nitrogens with zero attached hydrogens (tertiary/aromatic N) is 2. The summed E-state index contributed by atoms with van der Waals surface area (Å²) >= 11 is 1.76. The van der Waals surface area contributed by atoms with Crippen molar-refractivity contribution < 1.29 is 14.3 Å². The van der Waals surface area contributed by atoms with Crippen molar-refractivity contribution in [1.82, 2.24) is 9.80 Å². The number of methoxy groups -OCH3 is 1. The standard InChI is InChI=1S/C29H42N2O3S/c1-5-6-7-8-9-10-11-12-27(32)31(22(2)3)21-28(33)30-19-17-26-25(18-20-35-26)29(30)23-13-15-24(34-4)16-14-23/h13-16,18,20,22,29H,5-12,17,19,21H2,1-4H3. The monoisotopic (exact) mass is 498 g/mol. The van der Waals surface area contributed by atoms with Gasteiger partial charge in [0, 0.05) is 23.9 Å². The fourth-order valence-electron chi connectivity index (χ4n) is 4.90. The third-order valence-corrected chi connectivity index (χ3v) is 7.96. The first-order valence-electron chi connectivity index (χ1n) is 13.2. The second-order valence-electron chi connectivity index (χ2n) is 9.80. The maximum atomic E-state index is 13.6. The van der Waals surface area contributed by atoms with Crippen LogP contribution in [0.1, 0.15) is 94.2 Å². The summed E-state index contributed by atoms with van der Waals surface area (Å²) in [6.07, 6.45) is 9.64. The van der Waals surface area contributed by atoms with Crippen molar-refractivity contribution in [2.24, 2.45) is 0 Å². The average molecular weight is 499 g/mol. The van der Waals surface area contributed by atoms with Crippen LogP contribution in [0.5, 0.6) is 5.75 Å². The summed E-state index contributed by atoms with van der Waals surface area (Å²) in [7, 11) is 1.66. The van der Waals surface area contributed by atoms with Gasteiger partial charge >= 0.3 is 0 Å². The van der Waals surface area contributed by atoms with Gasteiger partial charge in [-0.1, -0.05) is 57.6 Å². The number of fused-ring (bicyclic) bond motifs is 1. The minimum Gasteiger partial charge on any atom is -0.497 e. The first-order valence-corrected chi connectivity index (χ1v) is 14.1. The lowest BCUT2D eigenvalue weighted by atomic mass is 9.93. The van der Waals surface area contributed by atoms with E-state index in [1.54, 1.807) is 23.3 Å². The van der Waals surface area contributed by atoms with E-state index in [0.717, 1.165) is 30.6 Å². The molecule has 1 aromatic heterocycles. The molecule has 1 aromatic carbocycles. The van der Waals surface area contributed by atoms with Gasteiger partial charge < -0.3 is 14.5 Å². The van der Waals surface area contributed by atoms with Crippen LogP contribution in [0.15, 0.2) is 35.7 Å². The van der Waals surface area contributed by atoms with E-state index in [0.29, 0.717) is 13.0 Å². The molecule has 3 rings (SSSR count). The zero-order valence-electron chi connectivity index (χ0n) is 21.9. The zero-order valence-corrected chi connectivity index (χ0v) is 22.7. The molecule has 0 saturated carbocycles. The Morgan fingerprint density at radius 1 is 1.06 bits per heavy atom. The van der Waals surface area contributed by atoms with Crippen LogP contribution in [-0.4, -0.2) is 47.9 Å². The Morgan fingerprint density at radius 2 is 1.74 bits per heavy atom. The molecule has 1 unspecified atom stereocenters. The number of ether oxygens (including phenoxy) is 1. The Balaban J connectivity index is 1.66. The smallest absolute Gasteiger partial charge is 0.243 e. The van der Waals surface area contributed by atoms with Gasteiger partial charge in [-0.05, 0) is 61.4 Å². The van der Waals surface area contributed by atoms with Gasteiger partial charge in [0.1, 0.15) is 12.3 Å². The Bertz CT molecular complexity index is 938. The molecule has 1 atom stereocenters. The Labute approximate surface area is 215 Å². The maximum Gasteiger partial charge on any atom is 0.243 e. The van der Waals surface area contributed by atoms with Crippen LogP contribution in [0.4, 0.5) is 0 Å². The number of unbranched alkanes of at least 4 members (excludes halogenated alkanes) is 6. The van der Waals surface area contributed by atoms with Crippen molar-refractivity contribution in [2.45, 2.75) is 90.6 Å². The molecule has 6 heteroatoms. The molecular weight excluding hydrogens is 456 g/mol. The van der Waals surface area contributed by atoms with Gasteiger partial charge in [-0.3, -0.25) is 9.59 Å². The summed E-state index contributed by atoms with van der Waals surface area (Å²) in [4.78, 5) is 31.8. The normalized spacial score (nSPS) is 15.2. The molecule has 192 valence electrons. The number of carbonyl (C=O) groups is 2. The quantitative estimate of drug-likeness (QED) is 0.292. The van der Waals surface area contributed by atoms with E-state index in [-0.39, 0.29) is 30.4 Å². The van der Waals surface area contributed by atoms with Crippen molar-refractivity contribution >= 4 is 23.2 Å². The van der Waals surface area contributed by atoms with E-state index < -0.39 is 0 Å². The van der Waals surface area contributed by atoms with Crippen molar-refractivity contribution in [3.8, 4) is 5.75 Å². The second kappa shape index (κ2) is 13.7. The highest BCUT2D eigenvalue weighted by Crippen LogP contribution is 2.38. The van der Waals surface area contributed by atoms with Gasteiger partial charge in [0.2, 0.25) is 11.8 Å². The van der Waals surface area contributed by atoms with Gasteiger partial charge in [-0.2, -0.15) is 0 Å². The van der Waals surface area contributed by atoms with Crippen LogP contribution in [0.25, 0.3) is 0 Å². The molecule has 0 fully saturated rings. The summed E-state index contributed by atoms with van der Waals surface area (Å²) in [5, 5.41) is 2.11. The van der Waals surface area contributed by atoms with Crippen LogP contribution in [-0.2, 0) is 16.0 Å². The van der Waals surface area contributed by atoms with Gasteiger partial charge in [0.25, 0.3) is 0 Å². The summed E-state index contributed by atoms with van der Waals surface area (Å²) in [6.45, 7) is 7.04. The highest BCUT2D eigenvalue weighted by Gasteiger charge is 2.34. The molecule has 35 heavy (non-hydrogen) atoms. The van der Waals surface area contributed by atoms with Gasteiger partial charge in [0.05, 0.1) is 13.2 Å². The predicted molar refractivity (Wildman–Crippen MR) is 144 cm³/mol. The molecule has 2 heterocycles.